The van der Waals surface area contributed by atoms with Gasteiger partial charge in [-0.2, -0.15) is 0 Å². The fourth-order valence-electron chi connectivity index (χ4n) is 3.42. The second kappa shape index (κ2) is 10.2. The summed E-state index contributed by atoms with van der Waals surface area (Å²) < 4.78 is 28.3. The number of para-hydroxylation sites is 1. The number of rotatable bonds is 8. The number of amides is 1. The van der Waals surface area contributed by atoms with Crippen molar-refractivity contribution in [3.8, 4) is 0 Å². The number of thioether (sulfide) groups is 1. The molecule has 3 rings (SSSR count). The third kappa shape index (κ3) is 5.72. The van der Waals surface area contributed by atoms with E-state index in [9.17, 15) is 13.2 Å². The number of nitrogens with one attached hydrogen (secondary N) is 1. The van der Waals surface area contributed by atoms with Crippen LogP contribution in [0.4, 0.5) is 11.4 Å². The maximum Gasteiger partial charge on any atom is 0.264 e. The molecule has 32 heavy (non-hydrogen) atoms. The molecule has 0 aliphatic carbocycles. The normalized spacial score (nSPS) is 11.2. The van der Waals surface area contributed by atoms with Gasteiger partial charge < -0.3 is 5.32 Å². The smallest absolute Gasteiger partial charge is 0.264 e. The van der Waals surface area contributed by atoms with Gasteiger partial charge >= 0.3 is 0 Å². The minimum absolute atomic E-state index is 0.150. The van der Waals surface area contributed by atoms with Gasteiger partial charge in [-0.3, -0.25) is 9.10 Å². The molecule has 0 saturated heterocycles. The first kappa shape index (κ1) is 23.9. The summed E-state index contributed by atoms with van der Waals surface area (Å²) in [5.41, 5.74) is 3.96. The molecule has 3 aromatic rings. The van der Waals surface area contributed by atoms with E-state index in [1.807, 2.05) is 58.0 Å². The highest BCUT2D eigenvalue weighted by atomic mass is 32.2. The standard InChI is InChI=1S/C25H28N2O3S2/c1-5-31-24-9-7-6-8-23(24)26-25(28)17-27(21-15-19(3)14-20(4)16-21)32(29,30)22-12-10-18(2)11-13-22/h6-16H,5,17H2,1-4H3,(H,26,28). The van der Waals surface area contributed by atoms with Crippen molar-refractivity contribution in [3.05, 3.63) is 83.4 Å². The van der Waals surface area contributed by atoms with Gasteiger partial charge in [-0.05, 0) is 74.0 Å². The second-order valence-electron chi connectivity index (χ2n) is 7.65. The number of sulfonamides is 1. The molecule has 0 heterocycles. The first-order valence-electron chi connectivity index (χ1n) is 10.4. The Bertz CT molecular complexity index is 1190. The van der Waals surface area contributed by atoms with Crippen LogP contribution in [0.5, 0.6) is 0 Å². The lowest BCUT2D eigenvalue weighted by molar-refractivity contribution is -0.114. The van der Waals surface area contributed by atoms with Gasteiger partial charge in [-0.25, -0.2) is 8.42 Å². The van der Waals surface area contributed by atoms with Gasteiger partial charge in [0.05, 0.1) is 16.3 Å². The van der Waals surface area contributed by atoms with Crippen molar-refractivity contribution in [2.75, 3.05) is 21.9 Å². The van der Waals surface area contributed by atoms with Crippen LogP contribution in [0, 0.1) is 20.8 Å². The molecular formula is C25H28N2O3S2. The Morgan fingerprint density at radius 2 is 1.53 bits per heavy atom. The fraction of sp³-hybridized carbons (Fsp3) is 0.240. The van der Waals surface area contributed by atoms with Crippen molar-refractivity contribution in [2.45, 2.75) is 37.5 Å². The number of anilines is 2. The largest absolute Gasteiger partial charge is 0.323 e. The molecule has 5 nitrogen and oxygen atoms in total. The number of carbonyl (C=O) groups is 1. The molecular weight excluding hydrogens is 440 g/mol. The summed E-state index contributed by atoms with van der Waals surface area (Å²) in [7, 11) is -3.94. The van der Waals surface area contributed by atoms with Crippen molar-refractivity contribution >= 4 is 39.1 Å². The van der Waals surface area contributed by atoms with E-state index in [1.165, 1.54) is 4.31 Å². The molecule has 0 aliphatic rings. The van der Waals surface area contributed by atoms with Crippen molar-refractivity contribution in [1.82, 2.24) is 0 Å². The molecule has 0 radical (unpaired) electrons. The number of carbonyl (C=O) groups excluding carboxylic acids is 1. The van der Waals surface area contributed by atoms with Gasteiger partial charge in [-0.1, -0.05) is 42.8 Å². The van der Waals surface area contributed by atoms with E-state index >= 15 is 0 Å². The summed E-state index contributed by atoms with van der Waals surface area (Å²) in [5, 5.41) is 2.89. The van der Waals surface area contributed by atoms with E-state index in [1.54, 1.807) is 48.2 Å². The number of aryl methyl sites for hydroxylation is 3. The molecule has 7 heteroatoms. The zero-order valence-corrected chi connectivity index (χ0v) is 20.4. The summed E-state index contributed by atoms with van der Waals surface area (Å²) in [6.45, 7) is 7.43. The third-order valence-electron chi connectivity index (χ3n) is 4.85. The van der Waals surface area contributed by atoms with Crippen LogP contribution in [0.15, 0.2) is 76.5 Å². The highest BCUT2D eigenvalue weighted by Gasteiger charge is 2.27. The predicted octanol–water partition coefficient (Wildman–Crippen LogP) is 5.56. The van der Waals surface area contributed by atoms with Crippen LogP contribution in [0.1, 0.15) is 23.6 Å². The highest BCUT2D eigenvalue weighted by molar-refractivity contribution is 7.99. The zero-order chi connectivity index (χ0) is 23.3. The topological polar surface area (TPSA) is 66.5 Å². The maximum absolute atomic E-state index is 13.6. The van der Waals surface area contributed by atoms with Gasteiger partial charge in [0.25, 0.3) is 10.0 Å². The maximum atomic E-state index is 13.6. The summed E-state index contributed by atoms with van der Waals surface area (Å²) in [6, 6.07) is 19.7. The Kier molecular flexibility index (Phi) is 7.64. The fourth-order valence-corrected chi connectivity index (χ4v) is 5.58. The predicted molar refractivity (Wildman–Crippen MR) is 133 cm³/mol. The molecule has 0 fully saturated rings. The third-order valence-corrected chi connectivity index (χ3v) is 7.60. The Morgan fingerprint density at radius 3 is 2.16 bits per heavy atom. The van der Waals surface area contributed by atoms with Crippen molar-refractivity contribution in [3.63, 3.8) is 0 Å². The molecule has 0 atom stereocenters. The Hall–Kier alpha value is -2.77. The van der Waals surface area contributed by atoms with E-state index in [0.717, 1.165) is 27.3 Å². The molecule has 0 aliphatic heterocycles. The van der Waals surface area contributed by atoms with E-state index in [4.69, 9.17) is 0 Å². The van der Waals surface area contributed by atoms with Gasteiger partial charge in [0, 0.05) is 4.90 Å². The monoisotopic (exact) mass is 468 g/mol. The lowest BCUT2D eigenvalue weighted by Gasteiger charge is -2.25. The summed E-state index contributed by atoms with van der Waals surface area (Å²) in [4.78, 5) is 14.1. The number of hydrogen-bond donors (Lipinski definition) is 1. The molecule has 0 spiro atoms. The molecule has 1 N–H and O–H groups in total. The van der Waals surface area contributed by atoms with Crippen LogP contribution < -0.4 is 9.62 Å². The van der Waals surface area contributed by atoms with Crippen LogP contribution in [0.2, 0.25) is 0 Å². The average Bonchev–Trinajstić information content (AvgIpc) is 2.73. The van der Waals surface area contributed by atoms with Crippen molar-refractivity contribution in [1.29, 1.82) is 0 Å². The van der Waals surface area contributed by atoms with Gasteiger partial charge in [0.1, 0.15) is 6.54 Å². The lowest BCUT2D eigenvalue weighted by atomic mass is 10.1. The molecule has 0 saturated carbocycles. The van der Waals surface area contributed by atoms with Gasteiger partial charge in [0.15, 0.2) is 0 Å². The Labute approximate surface area is 194 Å². The number of nitrogens with zero attached hydrogens (tertiary/aromatic N) is 1. The number of benzene rings is 3. The van der Waals surface area contributed by atoms with Crippen LogP contribution >= 0.6 is 11.8 Å². The van der Waals surface area contributed by atoms with E-state index in [-0.39, 0.29) is 11.4 Å². The lowest BCUT2D eigenvalue weighted by Crippen LogP contribution is -2.38. The van der Waals surface area contributed by atoms with Crippen LogP contribution in [0.25, 0.3) is 0 Å². The average molecular weight is 469 g/mol. The van der Waals surface area contributed by atoms with E-state index < -0.39 is 15.9 Å². The van der Waals surface area contributed by atoms with Gasteiger partial charge in [-0.15, -0.1) is 11.8 Å². The Morgan fingerprint density at radius 1 is 0.906 bits per heavy atom. The summed E-state index contributed by atoms with van der Waals surface area (Å²) in [5.74, 6) is 0.465. The van der Waals surface area contributed by atoms with Gasteiger partial charge in [0.2, 0.25) is 5.91 Å². The number of hydrogen-bond acceptors (Lipinski definition) is 4. The summed E-state index contributed by atoms with van der Waals surface area (Å²) >= 11 is 1.62. The minimum atomic E-state index is -3.94. The summed E-state index contributed by atoms with van der Waals surface area (Å²) in [6.07, 6.45) is 0. The van der Waals surface area contributed by atoms with Crippen LogP contribution in [-0.4, -0.2) is 26.6 Å². The van der Waals surface area contributed by atoms with E-state index in [0.29, 0.717) is 11.4 Å². The highest BCUT2D eigenvalue weighted by Crippen LogP contribution is 2.28. The molecule has 168 valence electrons. The molecule has 0 unspecified atom stereocenters. The first-order valence-corrected chi connectivity index (χ1v) is 12.8. The van der Waals surface area contributed by atoms with Crippen molar-refractivity contribution < 1.29 is 13.2 Å². The zero-order valence-electron chi connectivity index (χ0n) is 18.8. The van der Waals surface area contributed by atoms with Crippen LogP contribution in [-0.2, 0) is 14.8 Å². The quantitative estimate of drug-likeness (QED) is 0.440. The Balaban J connectivity index is 1.98. The van der Waals surface area contributed by atoms with E-state index in [2.05, 4.69) is 5.32 Å². The first-order chi connectivity index (χ1) is 15.2. The second-order valence-corrected chi connectivity index (χ2v) is 10.8. The minimum Gasteiger partial charge on any atom is -0.323 e. The van der Waals surface area contributed by atoms with Crippen LogP contribution in [0.3, 0.4) is 0 Å². The van der Waals surface area contributed by atoms with Crippen molar-refractivity contribution in [2.24, 2.45) is 0 Å². The molecule has 0 aromatic heterocycles. The SMILES string of the molecule is CCSc1ccccc1NC(=O)CN(c1cc(C)cc(C)c1)S(=O)(=O)c1ccc(C)cc1. The molecule has 1 amide bonds. The molecule has 0 bridgehead atoms. The molecule has 3 aromatic carbocycles.